The highest BCUT2D eigenvalue weighted by atomic mass is 15.1. The Balaban J connectivity index is 0.000000307. The van der Waals surface area contributed by atoms with Gasteiger partial charge in [0.05, 0.1) is 0 Å². The molecule has 0 saturated heterocycles. The molecule has 0 atom stereocenters. The third-order valence-electron chi connectivity index (χ3n) is 11.4. The van der Waals surface area contributed by atoms with Gasteiger partial charge in [0.25, 0.3) is 0 Å². The van der Waals surface area contributed by atoms with Gasteiger partial charge in [-0.1, -0.05) is 170 Å². The van der Waals surface area contributed by atoms with Gasteiger partial charge in [0.15, 0.2) is 0 Å². The average Bonchev–Trinajstić information content (AvgIpc) is 3.47. The predicted octanol–water partition coefficient (Wildman–Crippen LogP) is 16.6. The first-order valence-corrected chi connectivity index (χ1v) is 21.7. The number of benzene rings is 4. The maximum Gasteiger partial charge on any atom is 0.0461 e. The molecule has 1 aliphatic rings. The molecule has 0 aliphatic heterocycles. The Hall–Kier alpha value is -5.86. The van der Waals surface area contributed by atoms with Gasteiger partial charge in [-0.15, -0.1) is 0 Å². The lowest BCUT2D eigenvalue weighted by molar-refractivity contribution is 0.659. The fourth-order valence-corrected chi connectivity index (χ4v) is 8.01. The van der Waals surface area contributed by atoms with Crippen LogP contribution in [0.25, 0.3) is 28.9 Å². The molecule has 0 fully saturated rings. The zero-order valence-electron chi connectivity index (χ0n) is 38.6. The van der Waals surface area contributed by atoms with Crippen LogP contribution in [0.4, 0.5) is 5.69 Å². The van der Waals surface area contributed by atoms with Crippen LogP contribution in [0.15, 0.2) is 170 Å². The minimum atomic E-state index is -0.126. The average molecular weight is 797 g/mol. The Morgan fingerprint density at radius 2 is 1.50 bits per heavy atom. The number of anilines is 1. The Morgan fingerprint density at radius 1 is 0.833 bits per heavy atom. The van der Waals surface area contributed by atoms with Crippen LogP contribution in [0.5, 0.6) is 0 Å². The van der Waals surface area contributed by atoms with Gasteiger partial charge in [0.1, 0.15) is 0 Å². The molecule has 60 heavy (non-hydrogen) atoms. The van der Waals surface area contributed by atoms with Gasteiger partial charge in [-0.05, 0) is 164 Å². The molecule has 4 aromatic carbocycles. The summed E-state index contributed by atoms with van der Waals surface area (Å²) >= 11 is 0. The number of hydrogen-bond donors (Lipinski definition) is 1. The number of unbranched alkanes of at least 4 members (excludes halogenated alkanes) is 1. The van der Waals surface area contributed by atoms with Crippen LogP contribution in [0, 0.1) is 13.8 Å². The molecule has 2 N–H and O–H groups in total. The van der Waals surface area contributed by atoms with E-state index in [2.05, 4.69) is 185 Å². The maximum absolute atomic E-state index is 5.64. The molecule has 2 heteroatoms. The topological polar surface area (TPSA) is 29.3 Å². The predicted molar refractivity (Wildman–Crippen MR) is 270 cm³/mol. The van der Waals surface area contributed by atoms with Crippen molar-refractivity contribution in [3.8, 4) is 11.1 Å². The number of hydrogen-bond acceptors (Lipinski definition) is 2. The molecule has 0 spiro atoms. The highest BCUT2D eigenvalue weighted by Gasteiger charge is 2.38. The lowest BCUT2D eigenvalue weighted by Gasteiger charge is -2.29. The number of nitrogens with zero attached hydrogens (tertiary/aromatic N) is 1. The summed E-state index contributed by atoms with van der Waals surface area (Å²) < 4.78 is 0. The van der Waals surface area contributed by atoms with Crippen LogP contribution in [0.2, 0.25) is 0 Å². The van der Waals surface area contributed by atoms with Crippen molar-refractivity contribution >= 4 is 23.4 Å². The van der Waals surface area contributed by atoms with Crippen LogP contribution >= 0.6 is 0 Å². The van der Waals surface area contributed by atoms with Crippen molar-refractivity contribution in [1.29, 1.82) is 0 Å². The van der Waals surface area contributed by atoms with E-state index in [1.54, 1.807) is 6.20 Å². The standard InChI is InChI=1S/C32H38N2.C19H26.C7H8/c1-9-14-24(15-10-2)34(23(6)16-13-19-33)25-17-18-28-29(21-25)32(7,8)30-20-22(5)26(11-3)27(12-4)31(28)30;1-6-9-12-18-13-10-11-14-19(18)16(5)15(4)17(7-2)8-3;1-7-5-3-2-4-6-7/h9,11-21H,3-4,10,33H2,1-2,5-8H3;7,10-11,13-14H,2,5-6,8-9,12H2,1,3-4H3;2-6H,1H3/b14-9-,19-13-,23-16+,24-15+;17-15+;. The monoisotopic (exact) mass is 797 g/mol. The molecule has 0 heterocycles. The van der Waals surface area contributed by atoms with Crippen molar-refractivity contribution in [3.63, 3.8) is 0 Å². The molecule has 0 unspecified atom stereocenters. The first-order chi connectivity index (χ1) is 28.8. The van der Waals surface area contributed by atoms with Gasteiger partial charge in [-0.25, -0.2) is 0 Å². The highest BCUT2D eigenvalue weighted by molar-refractivity contribution is 5.92. The van der Waals surface area contributed by atoms with Crippen LogP contribution in [-0.4, -0.2) is 0 Å². The van der Waals surface area contributed by atoms with Gasteiger partial charge in [0.2, 0.25) is 0 Å². The summed E-state index contributed by atoms with van der Waals surface area (Å²) in [4.78, 5) is 2.30. The molecule has 0 bridgehead atoms. The molecular formula is C58H72N2. The molecule has 0 amide bonds. The van der Waals surface area contributed by atoms with E-state index in [9.17, 15) is 0 Å². The molecule has 5 rings (SSSR count). The lowest BCUT2D eigenvalue weighted by Crippen LogP contribution is -2.21. The number of aryl methyl sites for hydroxylation is 3. The summed E-state index contributed by atoms with van der Waals surface area (Å²) in [5.74, 6) is 0. The van der Waals surface area contributed by atoms with E-state index in [-0.39, 0.29) is 5.41 Å². The largest absolute Gasteiger partial charge is 0.405 e. The minimum absolute atomic E-state index is 0.126. The van der Waals surface area contributed by atoms with Gasteiger partial charge < -0.3 is 10.6 Å². The van der Waals surface area contributed by atoms with E-state index in [0.717, 1.165) is 47.5 Å². The maximum atomic E-state index is 5.64. The van der Waals surface area contributed by atoms with Crippen molar-refractivity contribution in [2.45, 2.75) is 107 Å². The minimum Gasteiger partial charge on any atom is -0.405 e. The summed E-state index contributed by atoms with van der Waals surface area (Å²) in [5, 5.41) is 0. The van der Waals surface area contributed by atoms with Crippen molar-refractivity contribution in [2.75, 3.05) is 4.90 Å². The zero-order valence-corrected chi connectivity index (χ0v) is 38.6. The Kier molecular flexibility index (Phi) is 19.1. The van der Waals surface area contributed by atoms with E-state index >= 15 is 0 Å². The first-order valence-electron chi connectivity index (χ1n) is 21.7. The molecular weight excluding hydrogens is 725 g/mol. The fourth-order valence-electron chi connectivity index (χ4n) is 8.01. The molecule has 0 radical (unpaired) electrons. The van der Waals surface area contributed by atoms with Crippen LogP contribution in [0.3, 0.4) is 0 Å². The van der Waals surface area contributed by atoms with Crippen molar-refractivity contribution < 1.29 is 0 Å². The van der Waals surface area contributed by atoms with Gasteiger partial charge >= 0.3 is 0 Å². The number of rotatable bonds is 15. The van der Waals surface area contributed by atoms with Crippen LogP contribution in [0.1, 0.15) is 126 Å². The summed E-state index contributed by atoms with van der Waals surface area (Å²) in [6.07, 6.45) is 23.4. The lowest BCUT2D eigenvalue weighted by atomic mass is 9.80. The van der Waals surface area contributed by atoms with E-state index in [1.165, 1.54) is 74.1 Å². The smallest absolute Gasteiger partial charge is 0.0461 e. The van der Waals surface area contributed by atoms with Gasteiger partial charge in [-0.3, -0.25) is 0 Å². The quantitative estimate of drug-likeness (QED) is 0.121. The number of fused-ring (bicyclic) bond motifs is 3. The van der Waals surface area contributed by atoms with E-state index in [4.69, 9.17) is 5.73 Å². The number of nitrogens with two attached hydrogens (primary N) is 1. The van der Waals surface area contributed by atoms with Crippen molar-refractivity contribution in [3.05, 3.63) is 215 Å². The van der Waals surface area contributed by atoms with E-state index < -0.39 is 0 Å². The highest BCUT2D eigenvalue weighted by Crippen LogP contribution is 2.53. The zero-order chi connectivity index (χ0) is 44.4. The Bertz CT molecular complexity index is 2260. The van der Waals surface area contributed by atoms with Gasteiger partial charge in [0, 0.05) is 22.5 Å². The normalized spacial score (nSPS) is 13.3. The van der Waals surface area contributed by atoms with Gasteiger partial charge in [-0.2, -0.15) is 0 Å². The summed E-state index contributed by atoms with van der Waals surface area (Å²) in [5.41, 5.74) is 25.4. The molecule has 4 aromatic rings. The van der Waals surface area contributed by atoms with Crippen LogP contribution in [-0.2, 0) is 11.8 Å². The molecule has 314 valence electrons. The molecule has 0 aromatic heterocycles. The second kappa shape index (κ2) is 23.7. The first kappa shape index (κ1) is 48.5. The van der Waals surface area contributed by atoms with Crippen LogP contribution < -0.4 is 10.6 Å². The molecule has 1 aliphatic carbocycles. The summed E-state index contributed by atoms with van der Waals surface area (Å²) in [7, 11) is 0. The third-order valence-corrected chi connectivity index (χ3v) is 11.4. The Labute approximate surface area is 365 Å². The van der Waals surface area contributed by atoms with E-state index in [1.807, 2.05) is 42.5 Å². The number of allylic oxidation sites excluding steroid dienone is 10. The van der Waals surface area contributed by atoms with E-state index in [0.29, 0.717) is 0 Å². The summed E-state index contributed by atoms with van der Waals surface area (Å²) in [6.45, 7) is 38.2. The summed E-state index contributed by atoms with van der Waals surface area (Å²) in [6, 6.07) is 28.1. The van der Waals surface area contributed by atoms with Crippen molar-refractivity contribution in [1.82, 2.24) is 0 Å². The Morgan fingerprint density at radius 3 is 2.05 bits per heavy atom. The molecule has 2 nitrogen and oxygen atoms in total. The second-order valence-electron chi connectivity index (χ2n) is 15.9. The third kappa shape index (κ3) is 11.7. The second-order valence-corrected chi connectivity index (χ2v) is 15.9. The SMILES string of the molecule is C=C/C(CC)=C(/C)C(=C)c1ccccc1CCCC.C=Cc1c(C)cc2c(c1C=C)-c1ccc(N(/C(C)=C/C=C\N)C(/C=C\C)=C/CC)cc1C2(C)C.Cc1ccccc1. The fraction of sp³-hybridized carbons (Fsp3) is 0.276. The molecule has 0 saturated carbocycles. The van der Waals surface area contributed by atoms with Crippen molar-refractivity contribution in [2.24, 2.45) is 5.73 Å².